The van der Waals surface area contributed by atoms with Gasteiger partial charge in [-0.25, -0.2) is 4.79 Å². The molecule has 0 bridgehead atoms. The summed E-state index contributed by atoms with van der Waals surface area (Å²) in [7, 11) is 0. The van der Waals surface area contributed by atoms with Crippen LogP contribution in [0.1, 0.15) is 33.2 Å². The summed E-state index contributed by atoms with van der Waals surface area (Å²) in [5.41, 5.74) is 1.87. The van der Waals surface area contributed by atoms with Crippen LogP contribution in [0, 0.1) is 0 Å². The average Bonchev–Trinajstić information content (AvgIpc) is 2.67. The zero-order valence-electron chi connectivity index (χ0n) is 14.6. The fourth-order valence-electron chi connectivity index (χ4n) is 2.13. The van der Waals surface area contributed by atoms with E-state index in [9.17, 15) is 14.4 Å². The Hall–Kier alpha value is -3.05. The number of benzene rings is 2. The van der Waals surface area contributed by atoms with Crippen LogP contribution in [0.5, 0.6) is 0 Å². The standard InChI is InChI=1S/C21H20O5/c1-15(2)21(24)26-13-12-25-14-19(22)16-8-10-18(11-9-16)20(23)17-6-4-3-5-7-17/h3-11H,1,12-14H2,2H3. The van der Waals surface area contributed by atoms with E-state index in [-0.39, 0.29) is 31.4 Å². The van der Waals surface area contributed by atoms with Gasteiger partial charge in [0.15, 0.2) is 11.6 Å². The summed E-state index contributed by atoms with van der Waals surface area (Å²) in [5.74, 6) is -0.797. The quantitative estimate of drug-likeness (QED) is 0.300. The maximum absolute atomic E-state index is 12.3. The molecule has 0 unspecified atom stereocenters. The first kappa shape index (κ1) is 19.3. The zero-order valence-corrected chi connectivity index (χ0v) is 14.6. The van der Waals surface area contributed by atoms with Crippen LogP contribution in [-0.2, 0) is 14.3 Å². The van der Waals surface area contributed by atoms with E-state index in [1.54, 1.807) is 55.5 Å². The average molecular weight is 352 g/mol. The van der Waals surface area contributed by atoms with Gasteiger partial charge in [0.25, 0.3) is 0 Å². The number of ketones is 2. The van der Waals surface area contributed by atoms with Crippen molar-refractivity contribution in [1.29, 1.82) is 0 Å². The van der Waals surface area contributed by atoms with E-state index in [0.717, 1.165) is 0 Å². The Bertz CT molecular complexity index is 791. The Morgan fingerprint density at radius 1 is 0.846 bits per heavy atom. The molecule has 134 valence electrons. The van der Waals surface area contributed by atoms with Crippen LogP contribution in [-0.4, -0.2) is 37.4 Å². The van der Waals surface area contributed by atoms with Gasteiger partial charge in [-0.3, -0.25) is 9.59 Å². The number of rotatable bonds is 9. The molecule has 0 amide bonds. The lowest BCUT2D eigenvalue weighted by Gasteiger charge is -2.06. The van der Waals surface area contributed by atoms with Crippen LogP contribution < -0.4 is 0 Å². The number of carbonyl (C=O) groups excluding carboxylic acids is 3. The number of ether oxygens (including phenoxy) is 2. The van der Waals surface area contributed by atoms with Gasteiger partial charge < -0.3 is 9.47 Å². The van der Waals surface area contributed by atoms with Gasteiger partial charge in [-0.05, 0) is 6.92 Å². The van der Waals surface area contributed by atoms with E-state index in [0.29, 0.717) is 22.3 Å². The van der Waals surface area contributed by atoms with Crippen LogP contribution >= 0.6 is 0 Å². The summed E-state index contributed by atoms with van der Waals surface area (Å²) in [6.45, 7) is 5.07. The summed E-state index contributed by atoms with van der Waals surface area (Å²) >= 11 is 0. The highest BCUT2D eigenvalue weighted by molar-refractivity contribution is 6.09. The Kier molecular flexibility index (Phi) is 7.00. The lowest BCUT2D eigenvalue weighted by molar-refractivity contribution is -0.140. The Morgan fingerprint density at radius 2 is 1.42 bits per heavy atom. The zero-order chi connectivity index (χ0) is 18.9. The fourth-order valence-corrected chi connectivity index (χ4v) is 2.13. The first-order valence-electron chi connectivity index (χ1n) is 8.12. The van der Waals surface area contributed by atoms with Gasteiger partial charge in [0.2, 0.25) is 0 Å². The summed E-state index contributed by atoms with van der Waals surface area (Å²) in [5, 5.41) is 0. The van der Waals surface area contributed by atoms with E-state index in [1.165, 1.54) is 0 Å². The van der Waals surface area contributed by atoms with Crippen LogP contribution in [0.3, 0.4) is 0 Å². The number of esters is 1. The molecule has 0 radical (unpaired) electrons. The second-order valence-electron chi connectivity index (χ2n) is 5.66. The molecule has 2 aromatic carbocycles. The van der Waals surface area contributed by atoms with Gasteiger partial charge in [0.1, 0.15) is 13.2 Å². The van der Waals surface area contributed by atoms with Crippen molar-refractivity contribution in [2.75, 3.05) is 19.8 Å². The predicted molar refractivity (Wildman–Crippen MR) is 97.2 cm³/mol. The monoisotopic (exact) mass is 352 g/mol. The summed E-state index contributed by atoms with van der Waals surface area (Å²) in [4.78, 5) is 35.6. The molecule has 0 aliphatic heterocycles. The van der Waals surface area contributed by atoms with Crippen LogP contribution in [0.15, 0.2) is 66.7 Å². The van der Waals surface area contributed by atoms with E-state index < -0.39 is 5.97 Å². The predicted octanol–water partition coefficient (Wildman–Crippen LogP) is 3.24. The minimum Gasteiger partial charge on any atom is -0.460 e. The van der Waals surface area contributed by atoms with Crippen molar-refractivity contribution >= 4 is 17.5 Å². The molecule has 0 saturated carbocycles. The van der Waals surface area contributed by atoms with Crippen LogP contribution in [0.2, 0.25) is 0 Å². The molecule has 0 N–H and O–H groups in total. The van der Waals surface area contributed by atoms with E-state index in [4.69, 9.17) is 9.47 Å². The van der Waals surface area contributed by atoms with E-state index in [2.05, 4.69) is 6.58 Å². The Balaban J connectivity index is 1.82. The van der Waals surface area contributed by atoms with Gasteiger partial charge in [-0.2, -0.15) is 0 Å². The number of Topliss-reactive ketones (excluding diaryl/α,β-unsaturated/α-hetero) is 1. The van der Waals surface area contributed by atoms with Gasteiger partial charge in [0.05, 0.1) is 6.61 Å². The second kappa shape index (κ2) is 9.44. The maximum Gasteiger partial charge on any atom is 0.333 e. The van der Waals surface area contributed by atoms with Crippen molar-refractivity contribution < 1.29 is 23.9 Å². The van der Waals surface area contributed by atoms with Crippen molar-refractivity contribution in [1.82, 2.24) is 0 Å². The first-order valence-corrected chi connectivity index (χ1v) is 8.12. The van der Waals surface area contributed by atoms with Crippen molar-refractivity contribution in [2.45, 2.75) is 6.92 Å². The third-order valence-corrected chi connectivity index (χ3v) is 3.55. The molecule has 0 saturated heterocycles. The summed E-state index contributed by atoms with van der Waals surface area (Å²) < 4.78 is 10.1. The molecular weight excluding hydrogens is 332 g/mol. The van der Waals surface area contributed by atoms with Crippen molar-refractivity contribution in [3.63, 3.8) is 0 Å². The molecule has 0 atom stereocenters. The van der Waals surface area contributed by atoms with Gasteiger partial charge in [0, 0.05) is 22.3 Å². The molecule has 0 aliphatic rings. The highest BCUT2D eigenvalue weighted by Gasteiger charge is 2.11. The molecule has 26 heavy (non-hydrogen) atoms. The lowest BCUT2D eigenvalue weighted by Crippen LogP contribution is -2.15. The molecule has 2 rings (SSSR count). The molecule has 5 nitrogen and oxygen atoms in total. The third kappa shape index (κ3) is 5.50. The molecular formula is C21H20O5. The molecule has 5 heteroatoms. The second-order valence-corrected chi connectivity index (χ2v) is 5.66. The van der Waals surface area contributed by atoms with Crippen LogP contribution in [0.4, 0.5) is 0 Å². The molecule has 0 heterocycles. The topological polar surface area (TPSA) is 69.7 Å². The molecule has 0 spiro atoms. The molecule has 2 aromatic rings. The van der Waals surface area contributed by atoms with Gasteiger partial charge >= 0.3 is 5.97 Å². The fraction of sp³-hybridized carbons (Fsp3) is 0.190. The van der Waals surface area contributed by atoms with E-state index in [1.807, 2.05) is 6.07 Å². The smallest absolute Gasteiger partial charge is 0.333 e. The Morgan fingerprint density at radius 3 is 2.04 bits per heavy atom. The largest absolute Gasteiger partial charge is 0.460 e. The third-order valence-electron chi connectivity index (χ3n) is 3.55. The van der Waals surface area contributed by atoms with Crippen molar-refractivity contribution in [3.8, 4) is 0 Å². The maximum atomic E-state index is 12.3. The van der Waals surface area contributed by atoms with Gasteiger partial charge in [-0.15, -0.1) is 0 Å². The van der Waals surface area contributed by atoms with Gasteiger partial charge in [-0.1, -0.05) is 61.2 Å². The van der Waals surface area contributed by atoms with Crippen LogP contribution in [0.25, 0.3) is 0 Å². The van der Waals surface area contributed by atoms with Crippen molar-refractivity contribution in [3.05, 3.63) is 83.4 Å². The number of hydrogen-bond acceptors (Lipinski definition) is 5. The van der Waals surface area contributed by atoms with E-state index >= 15 is 0 Å². The lowest BCUT2D eigenvalue weighted by atomic mass is 10.0. The number of hydrogen-bond donors (Lipinski definition) is 0. The molecule has 0 fully saturated rings. The number of carbonyl (C=O) groups is 3. The summed E-state index contributed by atoms with van der Waals surface area (Å²) in [6.07, 6.45) is 0. The summed E-state index contributed by atoms with van der Waals surface area (Å²) in [6, 6.07) is 15.4. The highest BCUT2D eigenvalue weighted by Crippen LogP contribution is 2.11. The SMILES string of the molecule is C=C(C)C(=O)OCCOCC(=O)c1ccc(C(=O)c2ccccc2)cc1. The minimum absolute atomic E-state index is 0.0590. The molecule has 0 aromatic heterocycles. The first-order chi connectivity index (χ1) is 12.5. The highest BCUT2D eigenvalue weighted by atomic mass is 16.6. The molecule has 0 aliphatic carbocycles. The minimum atomic E-state index is -0.487. The normalized spacial score (nSPS) is 10.2. The Labute approximate surface area is 152 Å². The van der Waals surface area contributed by atoms with Crippen molar-refractivity contribution in [2.24, 2.45) is 0 Å².